The van der Waals surface area contributed by atoms with Crippen molar-refractivity contribution >= 4 is 11.6 Å². The van der Waals surface area contributed by atoms with Gasteiger partial charge in [0, 0.05) is 6.07 Å². The van der Waals surface area contributed by atoms with Crippen molar-refractivity contribution in [2.75, 3.05) is 11.9 Å². The molecule has 0 unspecified atom stereocenters. The number of nitrogens with one attached hydrogen (secondary N) is 1. The smallest absolute Gasteiger partial charge is 0.262 e. The van der Waals surface area contributed by atoms with Gasteiger partial charge >= 0.3 is 0 Å². The molecule has 0 spiro atoms. The largest absolute Gasteiger partial charge is 0.483 e. The van der Waals surface area contributed by atoms with Crippen molar-refractivity contribution in [2.24, 2.45) is 0 Å². The highest BCUT2D eigenvalue weighted by Gasteiger charge is 2.09. The summed E-state index contributed by atoms with van der Waals surface area (Å²) in [6, 6.07) is 10.2. The fourth-order valence-electron chi connectivity index (χ4n) is 1.64. The van der Waals surface area contributed by atoms with Crippen LogP contribution < -0.4 is 10.1 Å². The SMILES string of the molecule is Cc1ccccc1OCC(=O)Nc1ccc(F)cc1F. The zero-order valence-corrected chi connectivity index (χ0v) is 10.8. The number of halogens is 2. The van der Waals surface area contributed by atoms with E-state index in [0.29, 0.717) is 11.8 Å². The molecule has 0 radical (unpaired) electrons. The number of carbonyl (C=O) groups is 1. The van der Waals surface area contributed by atoms with Gasteiger partial charge in [-0.1, -0.05) is 18.2 Å². The minimum atomic E-state index is -0.825. The molecule has 0 aliphatic rings. The average Bonchev–Trinajstić information content (AvgIpc) is 2.41. The molecule has 1 amide bonds. The minimum Gasteiger partial charge on any atom is -0.483 e. The molecule has 2 aromatic rings. The van der Waals surface area contributed by atoms with Crippen molar-refractivity contribution in [3.05, 3.63) is 59.7 Å². The zero-order valence-electron chi connectivity index (χ0n) is 10.8. The fraction of sp³-hybridized carbons (Fsp3) is 0.133. The molecule has 0 aliphatic carbocycles. The summed E-state index contributed by atoms with van der Waals surface area (Å²) in [5, 5.41) is 2.32. The highest BCUT2D eigenvalue weighted by Crippen LogP contribution is 2.17. The molecular weight excluding hydrogens is 264 g/mol. The zero-order chi connectivity index (χ0) is 14.5. The average molecular weight is 277 g/mol. The third-order valence-corrected chi connectivity index (χ3v) is 2.66. The lowest BCUT2D eigenvalue weighted by Gasteiger charge is -2.09. The molecule has 0 heterocycles. The Morgan fingerprint density at radius 3 is 2.65 bits per heavy atom. The lowest BCUT2D eigenvalue weighted by atomic mass is 10.2. The summed E-state index contributed by atoms with van der Waals surface area (Å²) in [6.07, 6.45) is 0. The summed E-state index contributed by atoms with van der Waals surface area (Å²) in [4.78, 5) is 11.6. The van der Waals surface area contributed by atoms with E-state index in [1.807, 2.05) is 19.1 Å². The number of hydrogen-bond acceptors (Lipinski definition) is 2. The van der Waals surface area contributed by atoms with Crippen LogP contribution in [0.25, 0.3) is 0 Å². The second-order valence-electron chi connectivity index (χ2n) is 4.23. The molecule has 1 N–H and O–H groups in total. The molecule has 0 aliphatic heterocycles. The summed E-state index contributed by atoms with van der Waals surface area (Å²) >= 11 is 0. The van der Waals surface area contributed by atoms with Crippen LogP contribution in [0.4, 0.5) is 14.5 Å². The number of benzene rings is 2. The van der Waals surface area contributed by atoms with E-state index in [1.165, 1.54) is 0 Å². The first kappa shape index (κ1) is 14.0. The van der Waals surface area contributed by atoms with E-state index >= 15 is 0 Å². The highest BCUT2D eigenvalue weighted by molar-refractivity contribution is 5.92. The summed E-state index contributed by atoms with van der Waals surface area (Å²) in [6.45, 7) is 1.61. The molecular formula is C15H13F2NO2. The Morgan fingerprint density at radius 2 is 1.95 bits per heavy atom. The van der Waals surface area contributed by atoms with E-state index in [2.05, 4.69) is 5.32 Å². The molecule has 20 heavy (non-hydrogen) atoms. The number of para-hydroxylation sites is 1. The van der Waals surface area contributed by atoms with Crippen LogP contribution in [0, 0.1) is 18.6 Å². The highest BCUT2D eigenvalue weighted by atomic mass is 19.1. The van der Waals surface area contributed by atoms with Crippen LogP contribution in [-0.4, -0.2) is 12.5 Å². The Bertz CT molecular complexity index is 629. The Hall–Kier alpha value is -2.43. The number of amides is 1. The van der Waals surface area contributed by atoms with Crippen molar-refractivity contribution in [3.8, 4) is 5.75 Å². The Balaban J connectivity index is 1.94. The van der Waals surface area contributed by atoms with Gasteiger partial charge < -0.3 is 10.1 Å². The number of hydrogen-bond donors (Lipinski definition) is 1. The first-order chi connectivity index (χ1) is 9.56. The predicted molar refractivity (Wildman–Crippen MR) is 71.7 cm³/mol. The molecule has 0 fully saturated rings. The monoisotopic (exact) mass is 277 g/mol. The van der Waals surface area contributed by atoms with E-state index in [4.69, 9.17) is 4.74 Å². The number of aryl methyl sites for hydroxylation is 1. The van der Waals surface area contributed by atoms with Gasteiger partial charge in [-0.05, 0) is 30.7 Å². The molecule has 3 nitrogen and oxygen atoms in total. The van der Waals surface area contributed by atoms with Crippen LogP contribution in [0.15, 0.2) is 42.5 Å². The Kier molecular flexibility index (Phi) is 4.30. The number of carbonyl (C=O) groups excluding carboxylic acids is 1. The van der Waals surface area contributed by atoms with Crippen LogP contribution in [0.2, 0.25) is 0 Å². The Labute approximate surface area is 115 Å². The molecule has 0 bridgehead atoms. The van der Waals surface area contributed by atoms with Crippen LogP contribution in [0.3, 0.4) is 0 Å². The van der Waals surface area contributed by atoms with E-state index in [-0.39, 0.29) is 12.3 Å². The van der Waals surface area contributed by atoms with Crippen molar-refractivity contribution in [1.29, 1.82) is 0 Å². The van der Waals surface area contributed by atoms with E-state index < -0.39 is 17.5 Å². The van der Waals surface area contributed by atoms with Gasteiger partial charge in [0.25, 0.3) is 5.91 Å². The van der Waals surface area contributed by atoms with Crippen LogP contribution in [-0.2, 0) is 4.79 Å². The maximum absolute atomic E-state index is 13.3. The number of ether oxygens (including phenoxy) is 1. The van der Waals surface area contributed by atoms with Crippen LogP contribution in [0.5, 0.6) is 5.75 Å². The molecule has 0 aromatic heterocycles. The van der Waals surface area contributed by atoms with Gasteiger partial charge in [-0.15, -0.1) is 0 Å². The van der Waals surface area contributed by atoms with Gasteiger partial charge in [-0.2, -0.15) is 0 Å². The van der Waals surface area contributed by atoms with Gasteiger partial charge in [-0.3, -0.25) is 4.79 Å². The van der Waals surface area contributed by atoms with Crippen molar-refractivity contribution in [2.45, 2.75) is 6.92 Å². The molecule has 5 heteroatoms. The number of rotatable bonds is 4. The third-order valence-electron chi connectivity index (χ3n) is 2.66. The summed E-state index contributed by atoms with van der Waals surface area (Å²) in [5.41, 5.74) is 0.818. The van der Waals surface area contributed by atoms with Crippen LogP contribution >= 0.6 is 0 Å². The molecule has 0 atom stereocenters. The molecule has 0 saturated carbocycles. The topological polar surface area (TPSA) is 38.3 Å². The standard InChI is InChI=1S/C15H13F2NO2/c1-10-4-2-3-5-14(10)20-9-15(19)18-13-7-6-11(16)8-12(13)17/h2-8H,9H2,1H3,(H,18,19). The van der Waals surface area contributed by atoms with E-state index in [1.54, 1.807) is 12.1 Å². The van der Waals surface area contributed by atoms with Gasteiger partial charge in [0.2, 0.25) is 0 Å². The van der Waals surface area contributed by atoms with Crippen molar-refractivity contribution in [3.63, 3.8) is 0 Å². The van der Waals surface area contributed by atoms with Gasteiger partial charge in [0.15, 0.2) is 6.61 Å². The molecule has 2 aromatic carbocycles. The number of anilines is 1. The van der Waals surface area contributed by atoms with Gasteiger partial charge in [0.05, 0.1) is 5.69 Å². The first-order valence-electron chi connectivity index (χ1n) is 5.99. The maximum Gasteiger partial charge on any atom is 0.262 e. The van der Waals surface area contributed by atoms with Gasteiger partial charge in [0.1, 0.15) is 17.4 Å². The van der Waals surface area contributed by atoms with Crippen molar-refractivity contribution in [1.82, 2.24) is 0 Å². The second kappa shape index (κ2) is 6.14. The lowest BCUT2D eigenvalue weighted by Crippen LogP contribution is -2.21. The molecule has 0 saturated heterocycles. The quantitative estimate of drug-likeness (QED) is 0.931. The minimum absolute atomic E-state index is 0.0789. The summed E-state index contributed by atoms with van der Waals surface area (Å²) in [5.74, 6) is -1.45. The predicted octanol–water partition coefficient (Wildman–Crippen LogP) is 3.29. The third kappa shape index (κ3) is 3.54. The molecule has 104 valence electrons. The summed E-state index contributed by atoms with van der Waals surface area (Å²) < 4.78 is 31.4. The van der Waals surface area contributed by atoms with Gasteiger partial charge in [-0.25, -0.2) is 8.78 Å². The first-order valence-corrected chi connectivity index (χ1v) is 5.99. The van der Waals surface area contributed by atoms with Crippen LogP contribution in [0.1, 0.15) is 5.56 Å². The second-order valence-corrected chi connectivity index (χ2v) is 4.23. The lowest BCUT2D eigenvalue weighted by molar-refractivity contribution is -0.118. The molecule has 2 rings (SSSR count). The fourth-order valence-corrected chi connectivity index (χ4v) is 1.64. The Morgan fingerprint density at radius 1 is 1.20 bits per heavy atom. The van der Waals surface area contributed by atoms with E-state index in [9.17, 15) is 13.6 Å². The van der Waals surface area contributed by atoms with E-state index in [0.717, 1.165) is 17.7 Å². The van der Waals surface area contributed by atoms with Crippen molar-refractivity contribution < 1.29 is 18.3 Å². The normalized spacial score (nSPS) is 10.2. The summed E-state index contributed by atoms with van der Waals surface area (Å²) in [7, 11) is 0. The maximum atomic E-state index is 13.3.